The van der Waals surface area contributed by atoms with E-state index >= 15 is 0 Å². The average molecular weight is 447 g/mol. The molecule has 4 aliphatic carbocycles. The summed E-state index contributed by atoms with van der Waals surface area (Å²) in [7, 11) is 0. The number of nitriles is 2. The van der Waals surface area contributed by atoms with Crippen LogP contribution in [0.3, 0.4) is 0 Å². The van der Waals surface area contributed by atoms with Gasteiger partial charge in [0.15, 0.2) is 0 Å². The van der Waals surface area contributed by atoms with E-state index in [2.05, 4.69) is 34.8 Å². The number of ether oxygens (including phenoxy) is 1. The van der Waals surface area contributed by atoms with Gasteiger partial charge in [-0.05, 0) is 55.9 Å². The molecule has 33 heavy (non-hydrogen) atoms. The maximum atomic E-state index is 12.4. The molecular formula is C25H30N6O2. The molecule has 2 heterocycles. The quantitative estimate of drug-likeness (QED) is 0.693. The Kier molecular flexibility index (Phi) is 5.08. The topological polar surface area (TPSA) is 128 Å². The number of aliphatic imine (C=N–C) groups is 1. The van der Waals surface area contributed by atoms with Gasteiger partial charge < -0.3 is 15.4 Å². The first kappa shape index (κ1) is 21.7. The molecule has 2 N–H and O–H groups in total. The fraction of sp³-hybridized carbons (Fsp3) is 0.640. The fourth-order valence-corrected chi connectivity index (χ4v) is 7.41. The third-order valence-electron chi connectivity index (χ3n) is 8.85. The van der Waals surface area contributed by atoms with Crippen molar-refractivity contribution in [3.63, 3.8) is 0 Å². The van der Waals surface area contributed by atoms with Crippen molar-refractivity contribution in [3.05, 3.63) is 23.9 Å². The van der Waals surface area contributed by atoms with Gasteiger partial charge in [-0.3, -0.25) is 4.79 Å². The van der Waals surface area contributed by atoms with E-state index < -0.39 is 0 Å². The number of amides is 1. The van der Waals surface area contributed by atoms with Gasteiger partial charge in [0.05, 0.1) is 12.2 Å². The van der Waals surface area contributed by atoms with E-state index in [0.29, 0.717) is 41.8 Å². The predicted molar refractivity (Wildman–Crippen MR) is 120 cm³/mol. The highest BCUT2D eigenvalue weighted by atomic mass is 16.5. The number of carbonyl (C=O) groups is 1. The Labute approximate surface area is 194 Å². The van der Waals surface area contributed by atoms with Crippen LogP contribution in [0.2, 0.25) is 0 Å². The summed E-state index contributed by atoms with van der Waals surface area (Å²) in [5.74, 6) is 2.71. The molecule has 4 saturated carbocycles. The molecule has 1 aliphatic heterocycles. The summed E-state index contributed by atoms with van der Waals surface area (Å²) < 4.78 is 6.01. The zero-order valence-electron chi connectivity index (χ0n) is 19.2. The van der Waals surface area contributed by atoms with Crippen LogP contribution in [0.1, 0.15) is 51.5 Å². The lowest BCUT2D eigenvalue weighted by Gasteiger charge is -2.60. The summed E-state index contributed by atoms with van der Waals surface area (Å²) >= 11 is 0. The Morgan fingerprint density at radius 1 is 1.27 bits per heavy atom. The highest BCUT2D eigenvalue weighted by Crippen LogP contribution is 2.62. The maximum Gasteiger partial charge on any atom is 0.223 e. The molecule has 8 heteroatoms. The van der Waals surface area contributed by atoms with Gasteiger partial charge in [0.25, 0.3) is 0 Å². The average Bonchev–Trinajstić information content (AvgIpc) is 3.02. The number of primary amides is 1. The van der Waals surface area contributed by atoms with Gasteiger partial charge in [-0.2, -0.15) is 15.5 Å². The molecular weight excluding hydrogens is 416 g/mol. The summed E-state index contributed by atoms with van der Waals surface area (Å²) in [5.41, 5.74) is 5.71. The van der Waals surface area contributed by atoms with E-state index in [9.17, 15) is 10.1 Å². The number of hydrogen-bond donors (Lipinski definition) is 1. The van der Waals surface area contributed by atoms with Crippen LogP contribution in [0.5, 0.6) is 5.88 Å². The molecule has 0 aromatic carbocycles. The van der Waals surface area contributed by atoms with Crippen molar-refractivity contribution in [2.75, 3.05) is 13.2 Å². The monoisotopic (exact) mass is 446 g/mol. The molecule has 172 valence electrons. The zero-order valence-corrected chi connectivity index (χ0v) is 19.2. The molecule has 0 spiro atoms. The first-order valence-corrected chi connectivity index (χ1v) is 11.8. The Morgan fingerprint density at radius 3 is 2.58 bits per heavy atom. The number of pyridine rings is 1. The van der Waals surface area contributed by atoms with Gasteiger partial charge in [-0.1, -0.05) is 13.8 Å². The van der Waals surface area contributed by atoms with Gasteiger partial charge >= 0.3 is 0 Å². The van der Waals surface area contributed by atoms with Crippen LogP contribution in [0.4, 0.5) is 0 Å². The molecule has 0 radical (unpaired) electrons. The number of hydrogen-bond acceptors (Lipinski definition) is 6. The minimum Gasteiger partial charge on any atom is -0.477 e. The second-order valence-corrected chi connectivity index (χ2v) is 11.0. The smallest absolute Gasteiger partial charge is 0.223 e. The Hall–Kier alpha value is -3.13. The summed E-state index contributed by atoms with van der Waals surface area (Å²) in [5, 5.41) is 18.5. The third-order valence-corrected chi connectivity index (χ3v) is 8.85. The predicted octanol–water partition coefficient (Wildman–Crippen LogP) is 2.85. The second kappa shape index (κ2) is 7.73. The molecule has 6 rings (SSSR count). The molecule has 1 aromatic rings. The summed E-state index contributed by atoms with van der Waals surface area (Å²) in [6, 6.07) is 5.76. The molecule has 3 unspecified atom stereocenters. The SMILES string of the molecule is CC1(C)/C(=N/C#N)N(C2C3CC4CC2CC(C(N)=O)(C4)C3)CC1COc1ccc(C#N)cn1. The van der Waals surface area contributed by atoms with Crippen LogP contribution in [-0.4, -0.2) is 40.8 Å². The highest BCUT2D eigenvalue weighted by molar-refractivity contribution is 5.91. The summed E-state index contributed by atoms with van der Waals surface area (Å²) in [4.78, 5) is 23.3. The van der Waals surface area contributed by atoms with Crippen molar-refractivity contribution in [2.24, 2.45) is 45.2 Å². The molecule has 5 aliphatic rings. The van der Waals surface area contributed by atoms with Crippen molar-refractivity contribution in [3.8, 4) is 18.1 Å². The number of nitrogens with two attached hydrogens (primary N) is 1. The Morgan fingerprint density at radius 2 is 2.00 bits per heavy atom. The molecule has 1 saturated heterocycles. The molecule has 4 bridgehead atoms. The number of carbonyl (C=O) groups excluding carboxylic acids is 1. The van der Waals surface area contributed by atoms with Crippen molar-refractivity contribution < 1.29 is 9.53 Å². The number of aromatic nitrogens is 1. The van der Waals surface area contributed by atoms with Crippen molar-refractivity contribution >= 4 is 11.7 Å². The van der Waals surface area contributed by atoms with E-state index in [0.717, 1.165) is 44.5 Å². The first-order valence-electron chi connectivity index (χ1n) is 11.8. The lowest BCUT2D eigenvalue weighted by Crippen LogP contribution is -2.62. The van der Waals surface area contributed by atoms with Crippen LogP contribution >= 0.6 is 0 Å². The molecule has 3 atom stereocenters. The van der Waals surface area contributed by atoms with E-state index in [1.54, 1.807) is 12.1 Å². The second-order valence-electron chi connectivity index (χ2n) is 11.0. The normalized spacial score (nSPS) is 37.0. The first-order chi connectivity index (χ1) is 15.8. The van der Waals surface area contributed by atoms with Gasteiger partial charge in [0.2, 0.25) is 18.0 Å². The van der Waals surface area contributed by atoms with Crippen LogP contribution in [0.25, 0.3) is 0 Å². The third kappa shape index (κ3) is 3.44. The highest BCUT2D eigenvalue weighted by Gasteiger charge is 2.61. The van der Waals surface area contributed by atoms with Crippen LogP contribution in [0.15, 0.2) is 23.3 Å². The van der Waals surface area contributed by atoms with Gasteiger partial charge in [-0.15, -0.1) is 0 Å². The van der Waals surface area contributed by atoms with Gasteiger partial charge in [-0.25, -0.2) is 4.98 Å². The summed E-state index contributed by atoms with van der Waals surface area (Å²) in [6.07, 6.45) is 8.46. The van der Waals surface area contributed by atoms with E-state index in [1.807, 2.05) is 6.19 Å². The standard InChI is InChI=1S/C25H30N6O2/c1-24(2)19(13-33-20-4-3-15(10-26)11-29-20)12-31(23(24)30-14-27)21-17-5-16-6-18(21)9-25(7-16,8-17)22(28)32/h3-4,11,16-19,21H,5-9,12-13H2,1-2H3,(H2,28,32)/b30-23-. The lowest BCUT2D eigenvalue weighted by molar-refractivity contribution is -0.149. The van der Waals surface area contributed by atoms with Gasteiger partial charge in [0.1, 0.15) is 11.9 Å². The summed E-state index contributed by atoms with van der Waals surface area (Å²) in [6.45, 7) is 5.47. The molecule has 1 amide bonds. The van der Waals surface area contributed by atoms with Crippen molar-refractivity contribution in [1.29, 1.82) is 10.5 Å². The number of rotatable bonds is 5. The molecule has 8 nitrogen and oxygen atoms in total. The fourth-order valence-electron chi connectivity index (χ4n) is 7.41. The Balaban J connectivity index is 1.38. The number of likely N-dealkylation sites (tertiary alicyclic amines) is 1. The van der Waals surface area contributed by atoms with Gasteiger partial charge in [0, 0.05) is 41.6 Å². The molecule has 1 aromatic heterocycles. The lowest BCUT2D eigenvalue weighted by atomic mass is 9.47. The van der Waals surface area contributed by atoms with Crippen molar-refractivity contribution in [1.82, 2.24) is 9.88 Å². The molecule has 5 fully saturated rings. The van der Waals surface area contributed by atoms with Crippen molar-refractivity contribution in [2.45, 2.75) is 52.0 Å². The van der Waals surface area contributed by atoms with E-state index in [4.69, 9.17) is 15.7 Å². The van der Waals surface area contributed by atoms with Crippen LogP contribution in [-0.2, 0) is 4.79 Å². The van der Waals surface area contributed by atoms with Crippen LogP contribution < -0.4 is 10.5 Å². The number of nitrogens with zero attached hydrogens (tertiary/aromatic N) is 5. The van der Waals surface area contributed by atoms with E-state index in [1.165, 1.54) is 6.20 Å². The maximum absolute atomic E-state index is 12.4. The minimum absolute atomic E-state index is 0.129. The van der Waals surface area contributed by atoms with E-state index in [-0.39, 0.29) is 22.7 Å². The van der Waals surface area contributed by atoms with Crippen LogP contribution in [0, 0.1) is 57.3 Å². The zero-order chi connectivity index (χ0) is 23.4. The number of amidine groups is 1. The largest absolute Gasteiger partial charge is 0.477 e. The Bertz CT molecular complexity index is 1050. The minimum atomic E-state index is -0.335.